The zero-order chi connectivity index (χ0) is 17.7. The van der Waals surface area contributed by atoms with Crippen LogP contribution in [0.4, 0.5) is 0 Å². The lowest BCUT2D eigenvalue weighted by atomic mass is 9.99. The second kappa shape index (κ2) is 5.92. The average molecular weight is 354 g/mol. The Balaban J connectivity index is 1.99. The van der Waals surface area contributed by atoms with Crippen LogP contribution in [0.25, 0.3) is 33.3 Å². The van der Waals surface area contributed by atoms with E-state index in [1.807, 2.05) is 19.9 Å². The van der Waals surface area contributed by atoms with Crippen molar-refractivity contribution in [1.29, 1.82) is 0 Å². The fourth-order valence-corrected chi connectivity index (χ4v) is 3.70. The number of halogens is 1. The lowest BCUT2D eigenvalue weighted by Crippen LogP contribution is -1.93. The summed E-state index contributed by atoms with van der Waals surface area (Å²) in [5.41, 5.74) is 4.87. The zero-order valence-corrected chi connectivity index (χ0v) is 15.6. The molecule has 4 aromatic rings. The smallest absolute Gasteiger partial charge is 0.172 e. The van der Waals surface area contributed by atoms with Gasteiger partial charge in [-0.2, -0.15) is 0 Å². The highest BCUT2D eigenvalue weighted by atomic mass is 35.5. The fourth-order valence-electron chi connectivity index (χ4n) is 3.50. The largest absolute Gasteiger partial charge is 0.461 e. The average Bonchev–Trinajstić information content (AvgIpc) is 3.04. The number of hydrogen-bond acceptors (Lipinski definition) is 3. The molecule has 3 nitrogen and oxygen atoms in total. The molecule has 4 rings (SSSR count). The van der Waals surface area contributed by atoms with Crippen LogP contribution in [0.1, 0.15) is 30.7 Å². The summed E-state index contributed by atoms with van der Waals surface area (Å²) in [6, 6.07) is 8.34. The van der Waals surface area contributed by atoms with Crippen molar-refractivity contribution >= 4 is 33.5 Å². The van der Waals surface area contributed by atoms with Crippen molar-refractivity contribution in [3.63, 3.8) is 0 Å². The molecule has 0 fully saturated rings. The molecule has 0 amide bonds. The molecule has 25 heavy (non-hydrogen) atoms. The fraction of sp³-hybridized carbons (Fsp3) is 0.286. The van der Waals surface area contributed by atoms with E-state index >= 15 is 0 Å². The van der Waals surface area contributed by atoms with E-state index in [2.05, 4.69) is 37.0 Å². The molecule has 0 saturated carbocycles. The van der Waals surface area contributed by atoms with Gasteiger partial charge in [-0.1, -0.05) is 31.5 Å². The van der Waals surface area contributed by atoms with Gasteiger partial charge in [0.05, 0.1) is 5.56 Å². The number of aryl methyl sites for hydroxylation is 2. The molecule has 0 N–H and O–H groups in total. The SMILES string of the molecule is Cc1oc2ccc(CC(C)C)cc2c1-c1oc2c(Cl)nccc2c1C. The molecular formula is C21H20ClNO2. The summed E-state index contributed by atoms with van der Waals surface area (Å²) in [4.78, 5) is 4.12. The van der Waals surface area contributed by atoms with E-state index in [0.717, 1.165) is 45.4 Å². The molecular weight excluding hydrogens is 334 g/mol. The highest BCUT2D eigenvalue weighted by molar-refractivity contribution is 6.33. The molecule has 128 valence electrons. The number of rotatable bonds is 3. The Kier molecular flexibility index (Phi) is 3.84. The van der Waals surface area contributed by atoms with E-state index in [1.54, 1.807) is 6.20 Å². The molecule has 0 aliphatic rings. The van der Waals surface area contributed by atoms with Crippen molar-refractivity contribution in [2.75, 3.05) is 0 Å². The monoisotopic (exact) mass is 353 g/mol. The standard InChI is InChI=1S/C21H20ClNO2/c1-11(2)9-14-5-6-17-16(10-14)18(13(4)24-17)19-12(3)15-7-8-23-21(22)20(15)25-19/h5-8,10-11H,9H2,1-4H3. The Morgan fingerprint density at radius 1 is 1.08 bits per heavy atom. The topological polar surface area (TPSA) is 39.2 Å². The number of furan rings is 2. The van der Waals surface area contributed by atoms with Gasteiger partial charge in [0.15, 0.2) is 10.7 Å². The Morgan fingerprint density at radius 3 is 2.60 bits per heavy atom. The molecule has 0 unspecified atom stereocenters. The predicted octanol–water partition coefficient (Wildman–Crippen LogP) is 6.71. The van der Waals surface area contributed by atoms with E-state index in [0.29, 0.717) is 16.7 Å². The Morgan fingerprint density at radius 2 is 1.88 bits per heavy atom. The van der Waals surface area contributed by atoms with Crippen molar-refractivity contribution in [2.45, 2.75) is 34.1 Å². The summed E-state index contributed by atoms with van der Waals surface area (Å²) >= 11 is 6.22. The van der Waals surface area contributed by atoms with Crippen LogP contribution in [0.2, 0.25) is 5.15 Å². The van der Waals surface area contributed by atoms with E-state index < -0.39 is 0 Å². The Hall–Kier alpha value is -2.26. The van der Waals surface area contributed by atoms with Crippen LogP contribution in [0.5, 0.6) is 0 Å². The lowest BCUT2D eigenvalue weighted by Gasteiger charge is -2.05. The van der Waals surface area contributed by atoms with E-state index in [-0.39, 0.29) is 0 Å². The molecule has 1 aromatic carbocycles. The van der Waals surface area contributed by atoms with E-state index in [4.69, 9.17) is 20.4 Å². The minimum atomic E-state index is 0.387. The molecule has 3 heterocycles. The van der Waals surface area contributed by atoms with Gasteiger partial charge < -0.3 is 8.83 Å². The molecule has 0 radical (unpaired) electrons. The maximum Gasteiger partial charge on any atom is 0.172 e. The van der Waals surface area contributed by atoms with E-state index in [9.17, 15) is 0 Å². The minimum absolute atomic E-state index is 0.387. The summed E-state index contributed by atoms with van der Waals surface area (Å²) in [7, 11) is 0. The first kappa shape index (κ1) is 16.2. The van der Waals surface area contributed by atoms with Crippen LogP contribution in [0, 0.1) is 19.8 Å². The lowest BCUT2D eigenvalue weighted by molar-refractivity contribution is 0.573. The van der Waals surface area contributed by atoms with Crippen molar-refractivity contribution in [3.8, 4) is 11.3 Å². The van der Waals surface area contributed by atoms with Gasteiger partial charge in [-0.25, -0.2) is 4.98 Å². The summed E-state index contributed by atoms with van der Waals surface area (Å²) in [5, 5.41) is 2.46. The molecule has 0 atom stereocenters. The first-order chi connectivity index (χ1) is 12.0. The maximum atomic E-state index is 6.22. The Labute approximate surface area is 151 Å². The first-order valence-electron chi connectivity index (χ1n) is 8.51. The number of nitrogens with zero attached hydrogens (tertiary/aromatic N) is 1. The van der Waals surface area contributed by atoms with Crippen LogP contribution >= 0.6 is 11.6 Å². The van der Waals surface area contributed by atoms with Crippen molar-refractivity contribution < 1.29 is 8.83 Å². The number of aromatic nitrogens is 1. The quantitative estimate of drug-likeness (QED) is 0.384. The maximum absolute atomic E-state index is 6.22. The van der Waals surface area contributed by atoms with Gasteiger partial charge in [0.1, 0.15) is 17.1 Å². The summed E-state index contributed by atoms with van der Waals surface area (Å²) < 4.78 is 12.1. The van der Waals surface area contributed by atoms with Crippen LogP contribution in [-0.2, 0) is 6.42 Å². The molecule has 3 aromatic heterocycles. The zero-order valence-electron chi connectivity index (χ0n) is 14.8. The molecule has 0 aliphatic carbocycles. The van der Waals surface area contributed by atoms with Gasteiger partial charge in [-0.3, -0.25) is 0 Å². The number of benzene rings is 1. The molecule has 4 heteroatoms. The van der Waals surface area contributed by atoms with E-state index in [1.165, 1.54) is 5.56 Å². The number of pyridine rings is 1. The van der Waals surface area contributed by atoms with Gasteiger partial charge in [-0.05, 0) is 49.9 Å². The summed E-state index contributed by atoms with van der Waals surface area (Å²) in [6.45, 7) is 8.48. The number of fused-ring (bicyclic) bond motifs is 2. The second-order valence-corrected chi connectivity index (χ2v) is 7.35. The van der Waals surface area contributed by atoms with Crippen molar-refractivity contribution in [1.82, 2.24) is 4.98 Å². The van der Waals surface area contributed by atoms with Crippen LogP contribution < -0.4 is 0 Å². The van der Waals surface area contributed by atoms with Gasteiger partial charge in [0.25, 0.3) is 0 Å². The van der Waals surface area contributed by atoms with Gasteiger partial charge >= 0.3 is 0 Å². The molecule has 0 saturated heterocycles. The van der Waals surface area contributed by atoms with Crippen LogP contribution in [0.15, 0.2) is 39.3 Å². The number of hydrogen-bond donors (Lipinski definition) is 0. The molecule has 0 aliphatic heterocycles. The first-order valence-corrected chi connectivity index (χ1v) is 8.89. The van der Waals surface area contributed by atoms with Crippen LogP contribution in [-0.4, -0.2) is 4.98 Å². The van der Waals surface area contributed by atoms with Crippen molar-refractivity contribution in [3.05, 3.63) is 52.5 Å². The molecule has 0 bridgehead atoms. The third-order valence-corrected chi connectivity index (χ3v) is 4.88. The molecule has 0 spiro atoms. The predicted molar refractivity (Wildman–Crippen MR) is 102 cm³/mol. The normalized spacial score (nSPS) is 11.9. The summed E-state index contributed by atoms with van der Waals surface area (Å²) in [5.74, 6) is 2.26. The van der Waals surface area contributed by atoms with Gasteiger partial charge in [0, 0.05) is 22.5 Å². The minimum Gasteiger partial charge on any atom is -0.461 e. The third kappa shape index (κ3) is 2.63. The van der Waals surface area contributed by atoms with Crippen LogP contribution in [0.3, 0.4) is 0 Å². The summed E-state index contributed by atoms with van der Waals surface area (Å²) in [6.07, 6.45) is 2.74. The van der Waals surface area contributed by atoms with Crippen molar-refractivity contribution in [2.24, 2.45) is 5.92 Å². The Bertz CT molecular complexity index is 1090. The second-order valence-electron chi connectivity index (χ2n) is 7.00. The highest BCUT2D eigenvalue weighted by Gasteiger charge is 2.21. The third-order valence-electron chi connectivity index (χ3n) is 4.61. The van der Waals surface area contributed by atoms with Gasteiger partial charge in [0.2, 0.25) is 0 Å². The highest BCUT2D eigenvalue weighted by Crippen LogP contribution is 2.41. The van der Waals surface area contributed by atoms with Gasteiger partial charge in [-0.15, -0.1) is 0 Å².